The number of nitrogens with zero attached hydrogens (tertiary/aromatic N) is 1. The summed E-state index contributed by atoms with van der Waals surface area (Å²) in [5.74, 6) is 1.05. The van der Waals surface area contributed by atoms with Crippen LogP contribution in [0.3, 0.4) is 0 Å². The van der Waals surface area contributed by atoms with Crippen LogP contribution in [0.5, 0.6) is 0 Å². The summed E-state index contributed by atoms with van der Waals surface area (Å²) in [5, 5.41) is 4.50. The molecule has 2 saturated heterocycles. The van der Waals surface area contributed by atoms with Crippen molar-refractivity contribution in [2.24, 2.45) is 4.99 Å². The molecule has 0 amide bonds. The lowest BCUT2D eigenvalue weighted by Gasteiger charge is -2.32. The normalized spacial score (nSPS) is 24.8. The van der Waals surface area contributed by atoms with Crippen LogP contribution in [-0.2, 0) is 14.8 Å². The second-order valence-corrected chi connectivity index (χ2v) is 7.81. The summed E-state index contributed by atoms with van der Waals surface area (Å²) in [6, 6.07) is 0. The topological polar surface area (TPSA) is 79.8 Å². The molecule has 0 radical (unpaired) electrons. The molecule has 2 aliphatic rings. The molecule has 0 aromatic heterocycles. The first-order chi connectivity index (χ1) is 8.99. The molecule has 1 spiro atoms. The highest BCUT2D eigenvalue weighted by Gasteiger charge is 2.38. The van der Waals surface area contributed by atoms with Gasteiger partial charge >= 0.3 is 0 Å². The predicted molar refractivity (Wildman–Crippen MR) is 78.1 cm³/mol. The Hall–Kier alpha value is -0.310. The van der Waals surface area contributed by atoms with Gasteiger partial charge < -0.3 is 10.1 Å². The lowest BCUT2D eigenvalue weighted by molar-refractivity contribution is 0.0555. The molecule has 0 aromatic rings. The first-order valence-corrected chi connectivity index (χ1v) is 9.35. The average Bonchev–Trinajstić information content (AvgIpc) is 2.71. The van der Waals surface area contributed by atoms with Crippen molar-refractivity contribution in [3.8, 4) is 0 Å². The van der Waals surface area contributed by atoms with Crippen molar-refractivity contribution in [3.05, 3.63) is 0 Å². The molecule has 0 aromatic carbocycles. The van der Waals surface area contributed by atoms with E-state index in [1.807, 2.05) is 0 Å². The lowest BCUT2D eigenvalue weighted by atomic mass is 9.93. The molecule has 110 valence electrons. The lowest BCUT2D eigenvalue weighted by Crippen LogP contribution is -2.48. The summed E-state index contributed by atoms with van der Waals surface area (Å²) in [4.78, 5) is 4.49. The Labute approximate surface area is 118 Å². The SMILES string of the molecule is CS(=O)(=O)NCCCN=C1NC2(CCOCC2)CS1. The minimum absolute atomic E-state index is 0.173. The zero-order valence-corrected chi connectivity index (χ0v) is 12.8. The van der Waals surface area contributed by atoms with Gasteiger partial charge in [0.1, 0.15) is 0 Å². The Morgan fingerprint density at radius 2 is 2.21 bits per heavy atom. The molecule has 0 atom stereocenters. The fourth-order valence-corrected chi connectivity index (χ4v) is 3.90. The number of sulfonamides is 1. The zero-order valence-electron chi connectivity index (χ0n) is 11.1. The third-order valence-corrected chi connectivity index (χ3v) is 5.19. The van der Waals surface area contributed by atoms with E-state index in [0.29, 0.717) is 13.1 Å². The number of amidine groups is 1. The fraction of sp³-hybridized carbons (Fsp3) is 0.909. The van der Waals surface area contributed by atoms with Crippen molar-refractivity contribution in [3.63, 3.8) is 0 Å². The average molecular weight is 307 g/mol. The van der Waals surface area contributed by atoms with E-state index in [4.69, 9.17) is 4.74 Å². The van der Waals surface area contributed by atoms with Crippen LogP contribution in [0.25, 0.3) is 0 Å². The Morgan fingerprint density at radius 1 is 1.47 bits per heavy atom. The number of ether oxygens (including phenoxy) is 1. The molecule has 0 bridgehead atoms. The van der Waals surface area contributed by atoms with Crippen LogP contribution < -0.4 is 10.0 Å². The molecule has 2 N–H and O–H groups in total. The van der Waals surface area contributed by atoms with Crippen LogP contribution >= 0.6 is 11.8 Å². The van der Waals surface area contributed by atoms with E-state index in [0.717, 1.165) is 43.4 Å². The maximum atomic E-state index is 10.9. The fourth-order valence-electron chi connectivity index (χ4n) is 2.14. The number of thioether (sulfide) groups is 1. The zero-order chi connectivity index (χ0) is 13.8. The molecule has 19 heavy (non-hydrogen) atoms. The molecule has 2 rings (SSSR count). The van der Waals surface area contributed by atoms with Gasteiger partial charge in [-0.05, 0) is 19.3 Å². The molecule has 2 aliphatic heterocycles. The molecule has 0 saturated carbocycles. The van der Waals surface area contributed by atoms with Crippen LogP contribution in [0.4, 0.5) is 0 Å². The van der Waals surface area contributed by atoms with Crippen molar-refractivity contribution >= 4 is 27.0 Å². The van der Waals surface area contributed by atoms with Crippen LogP contribution in [0.2, 0.25) is 0 Å². The minimum Gasteiger partial charge on any atom is -0.381 e. The van der Waals surface area contributed by atoms with E-state index in [-0.39, 0.29) is 5.54 Å². The summed E-state index contributed by atoms with van der Waals surface area (Å²) < 4.78 is 29.6. The smallest absolute Gasteiger partial charge is 0.208 e. The Bertz CT molecular complexity index is 430. The summed E-state index contributed by atoms with van der Waals surface area (Å²) in [6.45, 7) is 2.72. The van der Waals surface area contributed by atoms with E-state index < -0.39 is 10.0 Å². The van der Waals surface area contributed by atoms with E-state index in [1.165, 1.54) is 6.26 Å². The highest BCUT2D eigenvalue weighted by atomic mass is 32.2. The van der Waals surface area contributed by atoms with Gasteiger partial charge in [0.15, 0.2) is 5.17 Å². The van der Waals surface area contributed by atoms with E-state index >= 15 is 0 Å². The van der Waals surface area contributed by atoms with Gasteiger partial charge in [-0.1, -0.05) is 11.8 Å². The van der Waals surface area contributed by atoms with Crippen LogP contribution in [0.1, 0.15) is 19.3 Å². The maximum absolute atomic E-state index is 10.9. The molecule has 2 fully saturated rings. The van der Waals surface area contributed by atoms with Crippen LogP contribution in [0.15, 0.2) is 4.99 Å². The second-order valence-electron chi connectivity index (χ2n) is 5.01. The first kappa shape index (κ1) is 15.1. The standard InChI is InChI=1S/C11H21N3O3S2/c1-19(15,16)13-6-2-5-12-10-14-11(9-18-10)3-7-17-8-4-11/h13H,2-9H2,1H3,(H,12,14). The van der Waals surface area contributed by atoms with Crippen molar-refractivity contribution < 1.29 is 13.2 Å². The number of aliphatic imine (C=N–C) groups is 1. The molecule has 8 heteroatoms. The number of nitrogens with one attached hydrogen (secondary N) is 2. The van der Waals surface area contributed by atoms with Crippen LogP contribution in [-0.4, -0.2) is 57.4 Å². The van der Waals surface area contributed by atoms with E-state index in [1.54, 1.807) is 11.8 Å². The Balaban J connectivity index is 1.70. The van der Waals surface area contributed by atoms with Crippen LogP contribution in [0, 0.1) is 0 Å². The van der Waals surface area contributed by atoms with Gasteiger partial charge in [-0.15, -0.1) is 0 Å². The number of rotatable bonds is 5. The molecule has 2 heterocycles. The Kier molecular flexibility index (Phi) is 5.10. The quantitative estimate of drug-likeness (QED) is 0.708. The highest BCUT2D eigenvalue weighted by Crippen LogP contribution is 2.31. The third kappa shape index (κ3) is 4.94. The predicted octanol–water partition coefficient (Wildman–Crippen LogP) is 0.167. The molecule has 0 unspecified atom stereocenters. The van der Waals surface area contributed by atoms with Crippen molar-refractivity contribution in [1.82, 2.24) is 10.0 Å². The van der Waals surface area contributed by atoms with Gasteiger partial charge in [-0.25, -0.2) is 13.1 Å². The Morgan fingerprint density at radius 3 is 2.89 bits per heavy atom. The molecular formula is C11H21N3O3S2. The summed E-state index contributed by atoms with van der Waals surface area (Å²) in [6.07, 6.45) is 3.96. The van der Waals surface area contributed by atoms with E-state index in [9.17, 15) is 8.42 Å². The molecule has 6 nitrogen and oxygen atoms in total. The summed E-state index contributed by atoms with van der Waals surface area (Å²) in [7, 11) is -3.08. The molecular weight excluding hydrogens is 286 g/mol. The van der Waals surface area contributed by atoms with Gasteiger partial charge in [-0.2, -0.15) is 0 Å². The maximum Gasteiger partial charge on any atom is 0.208 e. The summed E-state index contributed by atoms with van der Waals surface area (Å²) in [5.41, 5.74) is 0.173. The number of hydrogen-bond donors (Lipinski definition) is 2. The first-order valence-electron chi connectivity index (χ1n) is 6.47. The number of hydrogen-bond acceptors (Lipinski definition) is 5. The van der Waals surface area contributed by atoms with Gasteiger partial charge in [0.2, 0.25) is 10.0 Å². The summed E-state index contributed by atoms with van der Waals surface area (Å²) >= 11 is 1.76. The van der Waals surface area contributed by atoms with Crippen molar-refractivity contribution in [1.29, 1.82) is 0 Å². The van der Waals surface area contributed by atoms with Gasteiger partial charge in [-0.3, -0.25) is 4.99 Å². The highest BCUT2D eigenvalue weighted by molar-refractivity contribution is 8.14. The molecule has 0 aliphatic carbocycles. The van der Waals surface area contributed by atoms with Gasteiger partial charge in [0.25, 0.3) is 0 Å². The largest absolute Gasteiger partial charge is 0.381 e. The minimum atomic E-state index is -3.08. The van der Waals surface area contributed by atoms with E-state index in [2.05, 4.69) is 15.0 Å². The van der Waals surface area contributed by atoms with Gasteiger partial charge in [0, 0.05) is 32.1 Å². The van der Waals surface area contributed by atoms with Crippen molar-refractivity contribution in [2.75, 3.05) is 38.3 Å². The third-order valence-electron chi connectivity index (χ3n) is 3.26. The monoisotopic (exact) mass is 307 g/mol. The second kappa shape index (κ2) is 6.43. The van der Waals surface area contributed by atoms with Gasteiger partial charge in [0.05, 0.1) is 11.8 Å². The van der Waals surface area contributed by atoms with Crippen molar-refractivity contribution in [2.45, 2.75) is 24.8 Å².